The molecule has 2 heterocycles. The average Bonchev–Trinajstić information content (AvgIpc) is 3.22. The quantitative estimate of drug-likeness (QED) is 0.522. The number of anilines is 1. The Hall–Kier alpha value is -2.52. The maximum absolute atomic E-state index is 13.6. The van der Waals surface area contributed by atoms with E-state index in [4.69, 9.17) is 44.3 Å². The van der Waals surface area contributed by atoms with Gasteiger partial charge in [0.1, 0.15) is 11.7 Å². The van der Waals surface area contributed by atoms with Crippen molar-refractivity contribution in [2.24, 2.45) is 0 Å². The van der Waals surface area contributed by atoms with Crippen LogP contribution in [0.2, 0.25) is 15.1 Å². The van der Waals surface area contributed by atoms with Crippen LogP contribution in [0.1, 0.15) is 32.8 Å². The van der Waals surface area contributed by atoms with E-state index in [1.165, 1.54) is 4.90 Å². The van der Waals surface area contributed by atoms with Crippen molar-refractivity contribution in [1.82, 2.24) is 9.80 Å². The van der Waals surface area contributed by atoms with Gasteiger partial charge in [-0.15, -0.1) is 0 Å². The Labute approximate surface area is 230 Å². The van der Waals surface area contributed by atoms with Crippen LogP contribution in [0.3, 0.4) is 0 Å². The van der Waals surface area contributed by atoms with E-state index >= 15 is 0 Å². The van der Waals surface area contributed by atoms with E-state index in [1.807, 2.05) is 0 Å². The summed E-state index contributed by atoms with van der Waals surface area (Å²) < 4.78 is 11.6. The van der Waals surface area contributed by atoms with E-state index in [0.717, 1.165) is 0 Å². The molecule has 2 fully saturated rings. The molecule has 4 rings (SSSR count). The molecule has 0 radical (unpaired) electrons. The number of fused-ring (bicyclic) bond motifs is 1. The summed E-state index contributed by atoms with van der Waals surface area (Å²) in [6.07, 6.45) is -2.20. The molecule has 11 heteroatoms. The van der Waals surface area contributed by atoms with Crippen molar-refractivity contribution >= 4 is 58.4 Å². The first-order chi connectivity index (χ1) is 17.4. The van der Waals surface area contributed by atoms with Crippen molar-refractivity contribution in [3.63, 3.8) is 0 Å². The highest BCUT2D eigenvalue weighted by atomic mass is 35.5. The average molecular weight is 569 g/mol. The molecule has 198 valence electrons. The Morgan fingerprint density at radius 3 is 2.38 bits per heavy atom. The van der Waals surface area contributed by atoms with E-state index in [2.05, 4.69) is 5.32 Å². The number of nitrogens with zero attached hydrogens (tertiary/aromatic N) is 2. The third-order valence-corrected chi connectivity index (χ3v) is 6.88. The molecule has 0 aromatic heterocycles. The fraction of sp³-hybridized carbons (Fsp3) is 0.423. The van der Waals surface area contributed by atoms with Gasteiger partial charge in [0.2, 0.25) is 5.91 Å². The standard InChI is InChI=1S/C26H28Cl3N3O5/c1-26(2,3)37-25(35)31-13-20-22(14-31)36-21(11-23(33)30-18-8-6-16(27)7-9-18)24(34)32(20)12-15-4-5-17(28)10-19(15)29/h4-10,20-22H,11-14H2,1-3H3,(H,30,33). The first-order valence-corrected chi connectivity index (χ1v) is 13.0. The van der Waals surface area contributed by atoms with Crippen LogP contribution >= 0.6 is 34.8 Å². The van der Waals surface area contributed by atoms with Crippen LogP contribution in [0, 0.1) is 0 Å². The molecule has 3 atom stereocenters. The Balaban J connectivity index is 1.54. The van der Waals surface area contributed by atoms with E-state index in [1.54, 1.807) is 68.1 Å². The van der Waals surface area contributed by atoms with Gasteiger partial charge in [-0.1, -0.05) is 40.9 Å². The molecule has 3 unspecified atom stereocenters. The highest BCUT2D eigenvalue weighted by molar-refractivity contribution is 6.35. The Morgan fingerprint density at radius 1 is 1.05 bits per heavy atom. The van der Waals surface area contributed by atoms with Gasteiger partial charge in [0.05, 0.1) is 25.1 Å². The maximum atomic E-state index is 13.6. The van der Waals surface area contributed by atoms with Crippen molar-refractivity contribution in [3.05, 3.63) is 63.1 Å². The van der Waals surface area contributed by atoms with Crippen LogP contribution in [0.15, 0.2) is 42.5 Å². The lowest BCUT2D eigenvalue weighted by Gasteiger charge is -2.40. The molecule has 2 aliphatic heterocycles. The molecule has 2 saturated heterocycles. The Morgan fingerprint density at radius 2 is 1.73 bits per heavy atom. The second-order valence-electron chi connectivity index (χ2n) is 10.1. The van der Waals surface area contributed by atoms with Gasteiger partial charge in [-0.05, 0) is 62.7 Å². The summed E-state index contributed by atoms with van der Waals surface area (Å²) in [5, 5.41) is 4.20. The smallest absolute Gasteiger partial charge is 0.410 e. The number of carbonyl (C=O) groups excluding carboxylic acids is 3. The number of morpholine rings is 1. The lowest BCUT2D eigenvalue weighted by molar-refractivity contribution is -0.169. The van der Waals surface area contributed by atoms with Crippen LogP contribution in [-0.2, 0) is 25.6 Å². The van der Waals surface area contributed by atoms with Gasteiger partial charge >= 0.3 is 6.09 Å². The van der Waals surface area contributed by atoms with Crippen LogP contribution < -0.4 is 5.32 Å². The number of likely N-dealkylation sites (tertiary alicyclic amines) is 1. The minimum atomic E-state index is -1.03. The van der Waals surface area contributed by atoms with Crippen molar-refractivity contribution in [2.75, 3.05) is 18.4 Å². The van der Waals surface area contributed by atoms with E-state index < -0.39 is 29.9 Å². The van der Waals surface area contributed by atoms with Gasteiger partial charge in [0.15, 0.2) is 0 Å². The molecule has 8 nitrogen and oxygen atoms in total. The van der Waals surface area contributed by atoms with Crippen molar-refractivity contribution in [1.29, 1.82) is 0 Å². The number of hydrogen-bond acceptors (Lipinski definition) is 5. The summed E-state index contributed by atoms with van der Waals surface area (Å²) >= 11 is 18.4. The van der Waals surface area contributed by atoms with Crippen LogP contribution in [0.5, 0.6) is 0 Å². The number of amides is 3. The zero-order valence-corrected chi connectivity index (χ0v) is 22.9. The zero-order chi connectivity index (χ0) is 26.9. The number of nitrogens with one attached hydrogen (secondary N) is 1. The summed E-state index contributed by atoms with van der Waals surface area (Å²) in [5.74, 6) is -0.741. The van der Waals surface area contributed by atoms with Gasteiger partial charge in [-0.2, -0.15) is 0 Å². The summed E-state index contributed by atoms with van der Waals surface area (Å²) in [6.45, 7) is 6.01. The van der Waals surface area contributed by atoms with Crippen LogP contribution in [-0.4, -0.2) is 64.6 Å². The number of benzene rings is 2. The SMILES string of the molecule is CC(C)(C)OC(=O)N1CC2OC(CC(=O)Nc3ccc(Cl)cc3)C(=O)N(Cc3ccc(Cl)cc3Cl)C2C1. The highest BCUT2D eigenvalue weighted by Crippen LogP contribution is 2.32. The third kappa shape index (κ3) is 6.87. The summed E-state index contributed by atoms with van der Waals surface area (Å²) in [7, 11) is 0. The number of ether oxygens (including phenoxy) is 2. The number of halogens is 3. The van der Waals surface area contributed by atoms with E-state index in [-0.39, 0.29) is 37.9 Å². The monoisotopic (exact) mass is 567 g/mol. The van der Waals surface area contributed by atoms with Crippen molar-refractivity contribution < 1.29 is 23.9 Å². The van der Waals surface area contributed by atoms with Crippen LogP contribution in [0.4, 0.5) is 10.5 Å². The van der Waals surface area contributed by atoms with E-state index in [9.17, 15) is 14.4 Å². The fourth-order valence-electron chi connectivity index (χ4n) is 4.36. The second-order valence-corrected chi connectivity index (χ2v) is 11.4. The Kier molecular flexibility index (Phi) is 8.23. The summed E-state index contributed by atoms with van der Waals surface area (Å²) in [5.41, 5.74) is 0.581. The van der Waals surface area contributed by atoms with Gasteiger partial charge in [-0.3, -0.25) is 9.59 Å². The lowest BCUT2D eigenvalue weighted by Crippen LogP contribution is -2.58. The first-order valence-electron chi connectivity index (χ1n) is 11.8. The van der Waals surface area contributed by atoms with Crippen molar-refractivity contribution in [2.45, 2.75) is 57.6 Å². The van der Waals surface area contributed by atoms with Crippen LogP contribution in [0.25, 0.3) is 0 Å². The van der Waals surface area contributed by atoms with E-state index in [0.29, 0.717) is 26.3 Å². The second kappa shape index (κ2) is 11.1. The maximum Gasteiger partial charge on any atom is 0.410 e. The molecular formula is C26H28Cl3N3O5. The number of carbonyl (C=O) groups is 3. The summed E-state index contributed by atoms with van der Waals surface area (Å²) in [6, 6.07) is 11.3. The molecule has 2 aliphatic rings. The molecule has 2 aromatic carbocycles. The molecule has 2 aromatic rings. The van der Waals surface area contributed by atoms with Crippen molar-refractivity contribution in [3.8, 4) is 0 Å². The van der Waals surface area contributed by atoms with Gasteiger partial charge < -0.3 is 24.6 Å². The fourth-order valence-corrected chi connectivity index (χ4v) is 4.95. The highest BCUT2D eigenvalue weighted by Gasteiger charge is 2.49. The number of rotatable bonds is 5. The topological polar surface area (TPSA) is 88.2 Å². The molecule has 0 saturated carbocycles. The predicted octanol–water partition coefficient (Wildman–Crippen LogP) is 5.39. The number of hydrogen-bond donors (Lipinski definition) is 1. The van der Waals surface area contributed by atoms with Gasteiger partial charge in [0.25, 0.3) is 5.91 Å². The predicted molar refractivity (Wildman–Crippen MR) is 142 cm³/mol. The molecule has 0 spiro atoms. The normalized spacial score (nSPS) is 21.6. The molecular weight excluding hydrogens is 541 g/mol. The molecule has 1 N–H and O–H groups in total. The zero-order valence-electron chi connectivity index (χ0n) is 20.7. The first kappa shape index (κ1) is 27.5. The molecule has 3 amide bonds. The molecule has 0 aliphatic carbocycles. The summed E-state index contributed by atoms with van der Waals surface area (Å²) in [4.78, 5) is 42.3. The minimum absolute atomic E-state index is 0.177. The third-order valence-electron chi connectivity index (χ3n) is 6.04. The lowest BCUT2D eigenvalue weighted by atomic mass is 10.0. The minimum Gasteiger partial charge on any atom is -0.444 e. The van der Waals surface area contributed by atoms with Gasteiger partial charge in [0, 0.05) is 33.8 Å². The molecule has 0 bridgehead atoms. The largest absolute Gasteiger partial charge is 0.444 e. The molecule has 37 heavy (non-hydrogen) atoms. The van der Waals surface area contributed by atoms with Gasteiger partial charge in [-0.25, -0.2) is 4.79 Å². The Bertz CT molecular complexity index is 1180.